The van der Waals surface area contributed by atoms with Gasteiger partial charge in [-0.3, -0.25) is 4.98 Å². The number of amides is 2. The third-order valence-electron chi connectivity index (χ3n) is 3.15. The van der Waals surface area contributed by atoms with E-state index in [-0.39, 0.29) is 22.9 Å². The highest BCUT2D eigenvalue weighted by Crippen LogP contribution is 2.31. The third-order valence-corrected chi connectivity index (χ3v) is 3.15. The first-order valence-corrected chi connectivity index (χ1v) is 6.58. The number of nitrogens with one attached hydrogen (secondary N) is 2. The first-order chi connectivity index (χ1) is 10.6. The summed E-state index contributed by atoms with van der Waals surface area (Å²) in [5.41, 5.74) is 0.917. The van der Waals surface area contributed by atoms with Gasteiger partial charge in [-0.2, -0.15) is 0 Å². The van der Waals surface area contributed by atoms with E-state index in [2.05, 4.69) is 15.6 Å². The normalized spacial score (nSPS) is 10.4. The maximum atomic E-state index is 12.0. The number of fused-ring (bicyclic) bond motifs is 1. The fraction of sp³-hybridized carbons (Fsp3) is 0. The summed E-state index contributed by atoms with van der Waals surface area (Å²) in [4.78, 5) is 16.0. The molecule has 0 fully saturated rings. The lowest BCUT2D eigenvalue weighted by Crippen LogP contribution is -2.19. The fourth-order valence-electron chi connectivity index (χ4n) is 2.09. The lowest BCUT2D eigenvalue weighted by Gasteiger charge is -2.11. The van der Waals surface area contributed by atoms with Crippen molar-refractivity contribution in [3.8, 4) is 11.5 Å². The molecule has 0 aliphatic carbocycles. The van der Waals surface area contributed by atoms with E-state index in [0.29, 0.717) is 5.52 Å². The Hall–Kier alpha value is -3.28. The molecule has 0 spiro atoms. The van der Waals surface area contributed by atoms with Crippen LogP contribution in [0, 0.1) is 0 Å². The molecule has 110 valence electrons. The second kappa shape index (κ2) is 5.61. The fourth-order valence-corrected chi connectivity index (χ4v) is 2.09. The van der Waals surface area contributed by atoms with Crippen molar-refractivity contribution in [3.05, 3.63) is 54.7 Å². The number of phenols is 2. The lowest BCUT2D eigenvalue weighted by molar-refractivity contribution is 0.262. The number of hydrogen-bond acceptors (Lipinski definition) is 4. The zero-order valence-electron chi connectivity index (χ0n) is 11.4. The standard InChI is InChI=1S/C16H13N3O3/c20-13-6-2-1-5-11(13)18-16(22)19-12-8-7-10-4-3-9-17-14(10)15(12)21/h1-9,20-21H,(H2,18,19,22). The smallest absolute Gasteiger partial charge is 0.323 e. The molecule has 0 saturated heterocycles. The minimum absolute atomic E-state index is 0.0398. The van der Waals surface area contributed by atoms with Gasteiger partial charge in [-0.1, -0.05) is 24.3 Å². The van der Waals surface area contributed by atoms with Gasteiger partial charge in [0.25, 0.3) is 0 Å². The number of phenolic OH excluding ortho intramolecular Hbond substituents is 2. The second-order valence-corrected chi connectivity index (χ2v) is 4.63. The molecule has 3 aromatic rings. The van der Waals surface area contributed by atoms with Crippen LogP contribution < -0.4 is 10.6 Å². The van der Waals surface area contributed by atoms with Crippen LogP contribution in [0.25, 0.3) is 10.9 Å². The largest absolute Gasteiger partial charge is 0.506 e. The molecule has 2 amide bonds. The number of nitrogens with zero attached hydrogens (tertiary/aromatic N) is 1. The predicted molar refractivity (Wildman–Crippen MR) is 84.2 cm³/mol. The van der Waals surface area contributed by atoms with Crippen LogP contribution in [0.15, 0.2) is 54.7 Å². The number of rotatable bonds is 2. The highest BCUT2D eigenvalue weighted by molar-refractivity contribution is 6.03. The molecular formula is C16H13N3O3. The number of benzene rings is 2. The van der Waals surface area contributed by atoms with Crippen LogP contribution in [0.3, 0.4) is 0 Å². The van der Waals surface area contributed by atoms with Crippen molar-refractivity contribution >= 4 is 28.3 Å². The summed E-state index contributed by atoms with van der Waals surface area (Å²) in [5, 5.41) is 25.6. The monoisotopic (exact) mass is 295 g/mol. The topological polar surface area (TPSA) is 94.5 Å². The van der Waals surface area contributed by atoms with Crippen LogP contribution in [0.1, 0.15) is 0 Å². The summed E-state index contributed by atoms with van der Waals surface area (Å²) >= 11 is 0. The number of aromatic nitrogens is 1. The quantitative estimate of drug-likeness (QED) is 0.546. The molecule has 6 nitrogen and oxygen atoms in total. The predicted octanol–water partition coefficient (Wildman–Crippen LogP) is 3.29. The second-order valence-electron chi connectivity index (χ2n) is 4.63. The van der Waals surface area contributed by atoms with E-state index >= 15 is 0 Å². The molecule has 0 aliphatic rings. The summed E-state index contributed by atoms with van der Waals surface area (Å²) in [7, 11) is 0. The van der Waals surface area contributed by atoms with E-state index in [1.54, 1.807) is 42.6 Å². The average molecular weight is 295 g/mol. The minimum atomic E-state index is -0.577. The van der Waals surface area contributed by atoms with Gasteiger partial charge in [0.05, 0.1) is 11.4 Å². The van der Waals surface area contributed by atoms with Gasteiger partial charge in [0.15, 0.2) is 5.75 Å². The lowest BCUT2D eigenvalue weighted by atomic mass is 10.2. The summed E-state index contributed by atoms with van der Waals surface area (Å²) < 4.78 is 0. The van der Waals surface area contributed by atoms with Gasteiger partial charge >= 0.3 is 6.03 Å². The molecule has 1 aromatic heterocycles. The van der Waals surface area contributed by atoms with Gasteiger partial charge in [-0.25, -0.2) is 4.79 Å². The Labute approximate surface area is 126 Å². The highest BCUT2D eigenvalue weighted by atomic mass is 16.3. The molecule has 0 bridgehead atoms. The van der Waals surface area contributed by atoms with Crippen molar-refractivity contribution in [2.24, 2.45) is 0 Å². The minimum Gasteiger partial charge on any atom is -0.506 e. The Morgan fingerprint density at radius 3 is 2.50 bits per heavy atom. The van der Waals surface area contributed by atoms with E-state index < -0.39 is 6.03 Å². The number of hydrogen-bond donors (Lipinski definition) is 4. The van der Waals surface area contributed by atoms with Crippen molar-refractivity contribution in [1.29, 1.82) is 0 Å². The van der Waals surface area contributed by atoms with E-state index in [0.717, 1.165) is 5.39 Å². The molecule has 2 aromatic carbocycles. The molecule has 0 aliphatic heterocycles. The molecule has 0 unspecified atom stereocenters. The SMILES string of the molecule is O=C(Nc1ccccc1O)Nc1ccc2cccnc2c1O. The Kier molecular flexibility index (Phi) is 3.49. The van der Waals surface area contributed by atoms with Crippen molar-refractivity contribution in [2.75, 3.05) is 10.6 Å². The Morgan fingerprint density at radius 1 is 0.909 bits per heavy atom. The van der Waals surface area contributed by atoms with Crippen LogP contribution in [-0.2, 0) is 0 Å². The maximum Gasteiger partial charge on any atom is 0.323 e. The Balaban J connectivity index is 1.83. The zero-order valence-corrected chi connectivity index (χ0v) is 11.4. The van der Waals surface area contributed by atoms with Gasteiger partial charge in [0.1, 0.15) is 11.3 Å². The van der Waals surface area contributed by atoms with Crippen LogP contribution in [0.2, 0.25) is 0 Å². The molecule has 3 rings (SSSR count). The van der Waals surface area contributed by atoms with Crippen LogP contribution >= 0.6 is 0 Å². The summed E-state index contributed by atoms with van der Waals surface area (Å²) in [6, 6.07) is 12.7. The summed E-state index contributed by atoms with van der Waals surface area (Å²) in [6.07, 6.45) is 1.56. The molecule has 22 heavy (non-hydrogen) atoms. The number of aromatic hydroxyl groups is 2. The van der Waals surface area contributed by atoms with Crippen molar-refractivity contribution in [2.45, 2.75) is 0 Å². The summed E-state index contributed by atoms with van der Waals surface area (Å²) in [6.45, 7) is 0. The van der Waals surface area contributed by atoms with Crippen molar-refractivity contribution < 1.29 is 15.0 Å². The van der Waals surface area contributed by atoms with Crippen LogP contribution in [-0.4, -0.2) is 21.2 Å². The maximum absolute atomic E-state index is 12.0. The number of urea groups is 1. The molecule has 0 saturated carbocycles. The molecule has 1 heterocycles. The highest BCUT2D eigenvalue weighted by Gasteiger charge is 2.11. The van der Waals surface area contributed by atoms with Gasteiger partial charge in [-0.15, -0.1) is 0 Å². The Morgan fingerprint density at radius 2 is 1.68 bits per heavy atom. The summed E-state index contributed by atoms with van der Waals surface area (Å²) in [5.74, 6) is -0.146. The average Bonchev–Trinajstić information content (AvgIpc) is 2.53. The van der Waals surface area contributed by atoms with Crippen LogP contribution in [0.4, 0.5) is 16.2 Å². The van der Waals surface area contributed by atoms with Gasteiger partial charge in [-0.05, 0) is 24.3 Å². The van der Waals surface area contributed by atoms with Gasteiger partial charge in [0, 0.05) is 11.6 Å². The number of para-hydroxylation sites is 2. The zero-order chi connectivity index (χ0) is 15.5. The number of carbonyl (C=O) groups is 1. The van der Waals surface area contributed by atoms with Crippen LogP contribution in [0.5, 0.6) is 11.5 Å². The number of anilines is 2. The van der Waals surface area contributed by atoms with E-state index in [4.69, 9.17) is 0 Å². The van der Waals surface area contributed by atoms with E-state index in [9.17, 15) is 15.0 Å². The number of carbonyl (C=O) groups excluding carboxylic acids is 1. The molecule has 6 heteroatoms. The first kappa shape index (κ1) is 13.7. The number of pyridine rings is 1. The molecule has 4 N–H and O–H groups in total. The van der Waals surface area contributed by atoms with E-state index in [1.807, 2.05) is 6.07 Å². The first-order valence-electron chi connectivity index (χ1n) is 6.58. The molecule has 0 atom stereocenters. The van der Waals surface area contributed by atoms with E-state index in [1.165, 1.54) is 6.07 Å². The molecular weight excluding hydrogens is 282 g/mol. The van der Waals surface area contributed by atoms with Crippen molar-refractivity contribution in [3.63, 3.8) is 0 Å². The molecule has 0 radical (unpaired) electrons. The van der Waals surface area contributed by atoms with Gasteiger partial charge < -0.3 is 20.8 Å². The Bertz CT molecular complexity index is 849. The third kappa shape index (κ3) is 2.62. The van der Waals surface area contributed by atoms with Crippen molar-refractivity contribution in [1.82, 2.24) is 4.98 Å². The van der Waals surface area contributed by atoms with Gasteiger partial charge in [0.2, 0.25) is 0 Å².